The number of nitrogens with zero attached hydrogens (tertiary/aromatic N) is 1. The Hall–Kier alpha value is -1.14. The van der Waals surface area contributed by atoms with E-state index in [9.17, 15) is 15.2 Å². The van der Waals surface area contributed by atoms with Gasteiger partial charge in [0.2, 0.25) is 0 Å². The average molecular weight is 327 g/mol. The average Bonchev–Trinajstić information content (AvgIpc) is 2.80. The molecule has 3 nitrogen and oxygen atoms in total. The molecular formula is C21H29NO2. The number of carbonyl (C=O) groups excluding carboxylic acids is 1. The van der Waals surface area contributed by atoms with E-state index in [4.69, 9.17) is 0 Å². The Labute approximate surface area is 145 Å². The first-order valence-electron chi connectivity index (χ1n) is 9.67. The minimum absolute atomic E-state index is 0.105. The summed E-state index contributed by atoms with van der Waals surface area (Å²) in [5, 5.41) is 20.4. The van der Waals surface area contributed by atoms with Crippen molar-refractivity contribution in [3.05, 3.63) is 11.6 Å². The fraction of sp³-hybridized carbons (Fsp3) is 0.810. The van der Waals surface area contributed by atoms with E-state index in [0.717, 1.165) is 44.9 Å². The van der Waals surface area contributed by atoms with E-state index in [1.807, 2.05) is 6.08 Å². The molecule has 3 saturated carbocycles. The zero-order chi connectivity index (χ0) is 17.2. The van der Waals surface area contributed by atoms with Crippen LogP contribution in [0.2, 0.25) is 0 Å². The normalized spacial score (nSPS) is 50.3. The summed E-state index contributed by atoms with van der Waals surface area (Å²) < 4.78 is 0. The van der Waals surface area contributed by atoms with Gasteiger partial charge in [0.05, 0.1) is 18.1 Å². The zero-order valence-corrected chi connectivity index (χ0v) is 15.0. The Bertz CT molecular complexity index is 647. The fourth-order valence-electron chi connectivity index (χ4n) is 7.09. The molecule has 0 bridgehead atoms. The topological polar surface area (TPSA) is 61.1 Å². The van der Waals surface area contributed by atoms with E-state index < -0.39 is 5.60 Å². The van der Waals surface area contributed by atoms with Crippen LogP contribution in [0, 0.1) is 39.9 Å². The largest absolute Gasteiger partial charge is 0.388 e. The van der Waals surface area contributed by atoms with Gasteiger partial charge in [0.25, 0.3) is 0 Å². The predicted octanol–water partition coefficient (Wildman–Crippen LogP) is 4.16. The highest BCUT2D eigenvalue weighted by Gasteiger charge is 2.63. The number of fused-ring (bicyclic) bond motifs is 5. The number of ketones is 1. The van der Waals surface area contributed by atoms with E-state index in [2.05, 4.69) is 19.9 Å². The van der Waals surface area contributed by atoms with Crippen molar-refractivity contribution in [3.63, 3.8) is 0 Å². The highest BCUT2D eigenvalue weighted by atomic mass is 16.3. The molecule has 0 heterocycles. The molecule has 0 aromatic heterocycles. The molecule has 0 radical (unpaired) electrons. The molecule has 0 spiro atoms. The Morgan fingerprint density at radius 1 is 1.17 bits per heavy atom. The van der Waals surface area contributed by atoms with Crippen molar-refractivity contribution in [2.24, 2.45) is 28.6 Å². The third-order valence-corrected chi connectivity index (χ3v) is 8.66. The number of hydrogen-bond donors (Lipinski definition) is 1. The van der Waals surface area contributed by atoms with Crippen molar-refractivity contribution >= 4 is 5.78 Å². The van der Waals surface area contributed by atoms with Gasteiger partial charge < -0.3 is 5.11 Å². The smallest absolute Gasteiger partial charge is 0.155 e. The lowest BCUT2D eigenvalue weighted by atomic mass is 9.46. The van der Waals surface area contributed by atoms with Gasteiger partial charge in [-0.15, -0.1) is 0 Å². The van der Waals surface area contributed by atoms with Gasteiger partial charge in [-0.25, -0.2) is 0 Å². The summed E-state index contributed by atoms with van der Waals surface area (Å²) in [6.45, 7) is 4.64. The van der Waals surface area contributed by atoms with Crippen LogP contribution in [0.3, 0.4) is 0 Å². The number of rotatable bonds is 1. The van der Waals surface area contributed by atoms with Crippen LogP contribution in [0.15, 0.2) is 11.6 Å². The highest BCUT2D eigenvalue weighted by molar-refractivity contribution is 5.91. The standard InChI is InChI=1S/C21H29NO2/c1-19-8-5-15(23)13-14(19)3-4-16-17(19)6-9-20(2)18(16)7-10-21(20,24)11-12-22/h13,16-18,24H,3-11H2,1-2H3/t16-,17+,18-,19-,20-,21+/m1/s1. The van der Waals surface area contributed by atoms with Crippen LogP contribution in [0.5, 0.6) is 0 Å². The lowest BCUT2D eigenvalue weighted by Gasteiger charge is -2.59. The summed E-state index contributed by atoms with van der Waals surface area (Å²) >= 11 is 0. The van der Waals surface area contributed by atoms with Crippen LogP contribution < -0.4 is 0 Å². The first kappa shape index (κ1) is 16.3. The predicted molar refractivity (Wildman–Crippen MR) is 91.9 cm³/mol. The maximum Gasteiger partial charge on any atom is 0.155 e. The minimum atomic E-state index is -0.795. The highest BCUT2D eigenvalue weighted by Crippen LogP contribution is 2.67. The molecule has 0 aliphatic heterocycles. The molecule has 3 fully saturated rings. The van der Waals surface area contributed by atoms with Crippen molar-refractivity contribution in [1.29, 1.82) is 5.26 Å². The Kier molecular flexibility index (Phi) is 3.52. The zero-order valence-electron chi connectivity index (χ0n) is 15.0. The molecule has 0 amide bonds. The Morgan fingerprint density at radius 2 is 1.92 bits per heavy atom. The summed E-state index contributed by atoms with van der Waals surface area (Å²) in [7, 11) is 0. The van der Waals surface area contributed by atoms with E-state index in [1.54, 1.807) is 0 Å². The van der Waals surface area contributed by atoms with Crippen molar-refractivity contribution in [3.8, 4) is 6.07 Å². The molecule has 3 heteroatoms. The van der Waals surface area contributed by atoms with Gasteiger partial charge in [-0.3, -0.25) is 4.79 Å². The van der Waals surface area contributed by atoms with Crippen LogP contribution in [-0.2, 0) is 4.79 Å². The van der Waals surface area contributed by atoms with Crippen LogP contribution in [0.1, 0.15) is 71.6 Å². The lowest BCUT2D eigenvalue weighted by Crippen LogP contribution is -2.54. The van der Waals surface area contributed by atoms with E-state index in [1.165, 1.54) is 5.57 Å². The monoisotopic (exact) mass is 327 g/mol. The summed E-state index contributed by atoms with van der Waals surface area (Å²) in [4.78, 5) is 11.9. The molecule has 4 rings (SSSR count). The van der Waals surface area contributed by atoms with Crippen molar-refractivity contribution < 1.29 is 9.90 Å². The summed E-state index contributed by atoms with van der Waals surface area (Å²) in [6.07, 6.45) is 10.1. The second-order valence-corrected chi connectivity index (χ2v) is 9.33. The SMILES string of the molecule is C[C@@]12CCC(=O)C=C1CC[C@H]1[C@H]3CC[C@](O)(CC#N)[C@]3(C)CC[C@@H]12. The Balaban J connectivity index is 1.67. The maximum absolute atomic E-state index is 11.9. The third-order valence-electron chi connectivity index (χ3n) is 8.66. The first-order chi connectivity index (χ1) is 11.3. The number of carbonyl (C=O) groups is 1. The number of aliphatic hydroxyl groups is 1. The first-order valence-corrected chi connectivity index (χ1v) is 9.67. The third kappa shape index (κ3) is 1.96. The number of nitriles is 1. The van der Waals surface area contributed by atoms with Gasteiger partial charge >= 0.3 is 0 Å². The molecule has 0 saturated heterocycles. The number of allylic oxidation sites excluding steroid dienone is 1. The molecule has 4 aliphatic carbocycles. The second kappa shape index (κ2) is 5.18. The molecule has 0 unspecified atom stereocenters. The van der Waals surface area contributed by atoms with Gasteiger partial charge in [-0.1, -0.05) is 19.4 Å². The van der Waals surface area contributed by atoms with Gasteiger partial charge in [-0.2, -0.15) is 5.26 Å². The number of hydrogen-bond acceptors (Lipinski definition) is 3. The molecule has 4 aliphatic rings. The van der Waals surface area contributed by atoms with Crippen molar-refractivity contribution in [1.82, 2.24) is 0 Å². The van der Waals surface area contributed by atoms with Crippen LogP contribution in [0.25, 0.3) is 0 Å². The summed E-state index contributed by atoms with van der Waals surface area (Å²) in [5.74, 6) is 2.14. The molecule has 6 atom stereocenters. The molecular weight excluding hydrogens is 298 g/mol. The van der Waals surface area contributed by atoms with Gasteiger partial charge in [-0.05, 0) is 74.2 Å². The minimum Gasteiger partial charge on any atom is -0.388 e. The lowest BCUT2D eigenvalue weighted by molar-refractivity contribution is -0.128. The van der Waals surface area contributed by atoms with Crippen LogP contribution >= 0.6 is 0 Å². The summed E-state index contributed by atoms with van der Waals surface area (Å²) in [5.41, 5.74) is 0.686. The maximum atomic E-state index is 11.9. The quantitative estimate of drug-likeness (QED) is 0.786. The van der Waals surface area contributed by atoms with E-state index in [0.29, 0.717) is 30.0 Å². The van der Waals surface area contributed by atoms with Gasteiger partial charge in [0, 0.05) is 11.8 Å². The van der Waals surface area contributed by atoms with Crippen LogP contribution in [0.4, 0.5) is 0 Å². The second-order valence-electron chi connectivity index (χ2n) is 9.33. The molecule has 0 aromatic rings. The fourth-order valence-corrected chi connectivity index (χ4v) is 7.09. The molecule has 130 valence electrons. The van der Waals surface area contributed by atoms with E-state index >= 15 is 0 Å². The van der Waals surface area contributed by atoms with Gasteiger partial charge in [0.15, 0.2) is 5.78 Å². The van der Waals surface area contributed by atoms with Crippen molar-refractivity contribution in [2.45, 2.75) is 77.2 Å². The van der Waals surface area contributed by atoms with E-state index in [-0.39, 0.29) is 17.3 Å². The van der Waals surface area contributed by atoms with Crippen molar-refractivity contribution in [2.75, 3.05) is 0 Å². The molecule has 24 heavy (non-hydrogen) atoms. The Morgan fingerprint density at radius 3 is 2.67 bits per heavy atom. The summed E-state index contributed by atoms with van der Waals surface area (Å²) in [6, 6.07) is 2.24. The molecule has 0 aromatic carbocycles. The van der Waals surface area contributed by atoms with Crippen LogP contribution in [-0.4, -0.2) is 16.5 Å². The molecule has 1 N–H and O–H groups in total. The van der Waals surface area contributed by atoms with Gasteiger partial charge in [0.1, 0.15) is 0 Å².